The van der Waals surface area contributed by atoms with Gasteiger partial charge in [-0.25, -0.2) is 0 Å². The van der Waals surface area contributed by atoms with E-state index in [1.165, 1.54) is 11.6 Å². The first kappa shape index (κ1) is 21.7. The highest BCUT2D eigenvalue weighted by Gasteiger charge is 2.10. The van der Waals surface area contributed by atoms with E-state index in [0.29, 0.717) is 17.0 Å². The molecule has 0 heterocycles. The molecule has 150 valence electrons. The Morgan fingerprint density at radius 3 is 2.62 bits per heavy atom. The molecule has 2 rings (SSSR count). The van der Waals surface area contributed by atoms with Crippen LogP contribution in [-0.4, -0.2) is 23.6 Å². The molecular formula is C23H24N2O4. The molecule has 0 aliphatic heterocycles. The highest BCUT2D eigenvalue weighted by molar-refractivity contribution is 6.09. The lowest BCUT2D eigenvalue weighted by Gasteiger charge is -2.07. The van der Waals surface area contributed by atoms with Crippen molar-refractivity contribution in [2.24, 2.45) is 0 Å². The van der Waals surface area contributed by atoms with Gasteiger partial charge in [0.25, 0.3) is 5.91 Å². The summed E-state index contributed by atoms with van der Waals surface area (Å²) in [7, 11) is 0. The van der Waals surface area contributed by atoms with Crippen molar-refractivity contribution in [2.45, 2.75) is 32.6 Å². The average molecular weight is 392 g/mol. The zero-order valence-corrected chi connectivity index (χ0v) is 16.4. The lowest BCUT2D eigenvalue weighted by Crippen LogP contribution is -2.13. The Morgan fingerprint density at radius 1 is 1.21 bits per heavy atom. The van der Waals surface area contributed by atoms with E-state index < -0.39 is 11.9 Å². The lowest BCUT2D eigenvalue weighted by molar-refractivity contribution is -0.137. The van der Waals surface area contributed by atoms with Gasteiger partial charge in [-0.1, -0.05) is 37.6 Å². The molecule has 1 amide bonds. The summed E-state index contributed by atoms with van der Waals surface area (Å²) in [6.07, 6.45) is 4.60. The minimum absolute atomic E-state index is 0.0391. The van der Waals surface area contributed by atoms with Gasteiger partial charge in [-0.15, -0.1) is 0 Å². The summed E-state index contributed by atoms with van der Waals surface area (Å²) in [6, 6.07) is 16.3. The van der Waals surface area contributed by atoms with Crippen LogP contribution in [-0.2, 0) is 16.0 Å². The van der Waals surface area contributed by atoms with Gasteiger partial charge in [-0.2, -0.15) is 5.26 Å². The van der Waals surface area contributed by atoms with Gasteiger partial charge in [0.1, 0.15) is 17.4 Å². The number of anilines is 1. The zero-order valence-electron chi connectivity index (χ0n) is 16.4. The summed E-state index contributed by atoms with van der Waals surface area (Å²) < 4.78 is 5.37. The van der Waals surface area contributed by atoms with Crippen LogP contribution >= 0.6 is 0 Å². The van der Waals surface area contributed by atoms with Gasteiger partial charge in [-0.3, -0.25) is 9.59 Å². The van der Waals surface area contributed by atoms with Crippen LogP contribution in [0, 0.1) is 11.3 Å². The highest BCUT2D eigenvalue weighted by Crippen LogP contribution is 2.18. The third-order valence-electron chi connectivity index (χ3n) is 4.15. The van der Waals surface area contributed by atoms with Gasteiger partial charge >= 0.3 is 5.97 Å². The fourth-order valence-electron chi connectivity index (χ4n) is 2.60. The number of hydrogen-bond acceptors (Lipinski definition) is 4. The van der Waals surface area contributed by atoms with Crippen molar-refractivity contribution in [3.05, 3.63) is 65.2 Å². The van der Waals surface area contributed by atoms with E-state index in [1.54, 1.807) is 24.3 Å². The quantitative estimate of drug-likeness (QED) is 0.460. The van der Waals surface area contributed by atoms with Crippen LogP contribution in [0.5, 0.6) is 5.75 Å². The number of carbonyl (C=O) groups is 2. The molecule has 2 N–H and O–H groups in total. The molecule has 0 saturated carbocycles. The summed E-state index contributed by atoms with van der Waals surface area (Å²) in [5, 5.41) is 20.8. The molecule has 0 aromatic heterocycles. The Labute approximate surface area is 170 Å². The summed E-state index contributed by atoms with van der Waals surface area (Å²) >= 11 is 0. The third kappa shape index (κ3) is 7.51. The van der Waals surface area contributed by atoms with E-state index in [0.717, 1.165) is 19.3 Å². The molecule has 2 aromatic rings. The minimum atomic E-state index is -0.942. The predicted octanol–water partition coefficient (Wildman–Crippen LogP) is 4.43. The van der Waals surface area contributed by atoms with Crippen LogP contribution in [0.15, 0.2) is 54.1 Å². The summed E-state index contributed by atoms with van der Waals surface area (Å²) in [6.45, 7) is 2.19. The van der Waals surface area contributed by atoms with Gasteiger partial charge < -0.3 is 15.2 Å². The van der Waals surface area contributed by atoms with Gasteiger partial charge in [-0.05, 0) is 54.3 Å². The minimum Gasteiger partial charge on any atom is -0.493 e. The van der Waals surface area contributed by atoms with Gasteiger partial charge in [0.15, 0.2) is 0 Å². The maximum Gasteiger partial charge on any atom is 0.306 e. The summed E-state index contributed by atoms with van der Waals surface area (Å²) in [5.41, 5.74) is 2.41. The van der Waals surface area contributed by atoms with E-state index in [2.05, 4.69) is 12.2 Å². The molecule has 29 heavy (non-hydrogen) atoms. The largest absolute Gasteiger partial charge is 0.493 e. The number of amides is 1. The number of hydrogen-bond donors (Lipinski definition) is 2. The number of benzene rings is 2. The molecule has 0 unspecified atom stereocenters. The van der Waals surface area contributed by atoms with Crippen molar-refractivity contribution >= 4 is 23.6 Å². The smallest absolute Gasteiger partial charge is 0.306 e. The third-order valence-corrected chi connectivity index (χ3v) is 4.15. The van der Waals surface area contributed by atoms with E-state index in [-0.39, 0.29) is 18.6 Å². The molecule has 0 aliphatic carbocycles. The molecule has 0 aliphatic rings. The standard InChI is InChI=1S/C23H24N2O4/c1-2-3-5-17-8-10-20(11-9-17)25-23(28)19(16-24)14-18-6-4-7-21(15-18)29-13-12-22(26)27/h4,6-11,14-15H,2-3,5,12-13H2,1H3,(H,25,28)(H,26,27). The molecule has 2 aromatic carbocycles. The van der Waals surface area contributed by atoms with Crippen LogP contribution < -0.4 is 10.1 Å². The van der Waals surface area contributed by atoms with Gasteiger partial charge in [0.05, 0.1) is 13.0 Å². The van der Waals surface area contributed by atoms with Crippen molar-refractivity contribution in [1.29, 1.82) is 5.26 Å². The van der Waals surface area contributed by atoms with Gasteiger partial charge in [0.2, 0.25) is 0 Å². The highest BCUT2D eigenvalue weighted by atomic mass is 16.5. The number of carboxylic acid groups (broad SMARTS) is 1. The number of unbranched alkanes of at least 4 members (excludes halogenated alkanes) is 1. The van der Waals surface area contributed by atoms with Crippen LogP contribution in [0.2, 0.25) is 0 Å². The predicted molar refractivity (Wildman–Crippen MR) is 111 cm³/mol. The molecule has 0 spiro atoms. The number of nitrogens with one attached hydrogen (secondary N) is 1. The number of aryl methyl sites for hydroxylation is 1. The molecule has 6 heteroatoms. The first-order chi connectivity index (χ1) is 14.0. The Kier molecular flexibility index (Phi) is 8.46. The second kappa shape index (κ2) is 11.3. The average Bonchev–Trinajstić information content (AvgIpc) is 2.71. The Balaban J connectivity index is 2.04. The summed E-state index contributed by atoms with van der Waals surface area (Å²) in [5.74, 6) is -0.964. The first-order valence-electron chi connectivity index (χ1n) is 9.48. The second-order valence-corrected chi connectivity index (χ2v) is 6.49. The van der Waals surface area contributed by atoms with Crippen molar-refractivity contribution < 1.29 is 19.4 Å². The fraction of sp³-hybridized carbons (Fsp3) is 0.261. The number of rotatable bonds is 10. The van der Waals surface area contributed by atoms with Crippen LogP contribution in [0.25, 0.3) is 6.08 Å². The van der Waals surface area contributed by atoms with Gasteiger partial charge in [0, 0.05) is 5.69 Å². The second-order valence-electron chi connectivity index (χ2n) is 6.49. The van der Waals surface area contributed by atoms with Crippen molar-refractivity contribution in [2.75, 3.05) is 11.9 Å². The molecule has 0 bridgehead atoms. The van der Waals surface area contributed by atoms with E-state index >= 15 is 0 Å². The molecule has 0 saturated heterocycles. The summed E-state index contributed by atoms with van der Waals surface area (Å²) in [4.78, 5) is 23.0. The fourth-order valence-corrected chi connectivity index (χ4v) is 2.60. The zero-order chi connectivity index (χ0) is 21.1. The number of carboxylic acids is 1. The molecular weight excluding hydrogens is 368 g/mol. The Hall–Kier alpha value is -3.59. The topological polar surface area (TPSA) is 99.4 Å². The monoisotopic (exact) mass is 392 g/mol. The van der Waals surface area contributed by atoms with Crippen LogP contribution in [0.4, 0.5) is 5.69 Å². The number of ether oxygens (including phenoxy) is 1. The maximum absolute atomic E-state index is 12.4. The van der Waals surface area contributed by atoms with Crippen molar-refractivity contribution in [3.63, 3.8) is 0 Å². The van der Waals surface area contributed by atoms with E-state index in [1.807, 2.05) is 30.3 Å². The van der Waals surface area contributed by atoms with E-state index in [9.17, 15) is 14.9 Å². The number of aliphatic carboxylic acids is 1. The van der Waals surface area contributed by atoms with Crippen molar-refractivity contribution in [3.8, 4) is 11.8 Å². The molecule has 0 atom stereocenters. The SMILES string of the molecule is CCCCc1ccc(NC(=O)C(C#N)=Cc2cccc(OCCC(=O)O)c2)cc1. The van der Waals surface area contributed by atoms with Crippen molar-refractivity contribution in [1.82, 2.24) is 0 Å². The number of nitrogens with zero attached hydrogens (tertiary/aromatic N) is 1. The molecule has 6 nitrogen and oxygen atoms in total. The lowest BCUT2D eigenvalue weighted by atomic mass is 10.1. The molecule has 0 fully saturated rings. The molecule has 0 radical (unpaired) electrons. The first-order valence-corrected chi connectivity index (χ1v) is 9.48. The maximum atomic E-state index is 12.4. The normalized spacial score (nSPS) is 10.8. The van der Waals surface area contributed by atoms with Crippen LogP contribution in [0.3, 0.4) is 0 Å². The van der Waals surface area contributed by atoms with E-state index in [4.69, 9.17) is 9.84 Å². The number of carbonyl (C=O) groups excluding carboxylic acids is 1. The Bertz CT molecular complexity index is 911. The Morgan fingerprint density at radius 2 is 1.97 bits per heavy atom. The van der Waals surface area contributed by atoms with Crippen LogP contribution in [0.1, 0.15) is 37.3 Å². The number of nitriles is 1.